The third kappa shape index (κ3) is 4.67. The van der Waals surface area contributed by atoms with Gasteiger partial charge in [-0.25, -0.2) is 4.79 Å². The predicted molar refractivity (Wildman–Crippen MR) is 116 cm³/mol. The van der Waals surface area contributed by atoms with Crippen LogP contribution in [0.2, 0.25) is 0 Å². The van der Waals surface area contributed by atoms with Crippen molar-refractivity contribution >= 4 is 23.1 Å². The number of primary amides is 1. The average Bonchev–Trinajstić information content (AvgIpc) is 2.74. The third-order valence-corrected chi connectivity index (χ3v) is 5.42. The molecular weight excluding hydrogens is 364 g/mol. The first-order chi connectivity index (χ1) is 14.0. The largest absolute Gasteiger partial charge is 0.478 e. The topological polar surface area (TPSA) is 83.6 Å². The van der Waals surface area contributed by atoms with E-state index in [4.69, 9.17) is 10.8 Å². The Morgan fingerprint density at radius 1 is 1.07 bits per heavy atom. The molecule has 0 aliphatic carbocycles. The Balaban J connectivity index is 2.07. The van der Waals surface area contributed by atoms with E-state index in [2.05, 4.69) is 17.0 Å². The van der Waals surface area contributed by atoms with E-state index in [0.29, 0.717) is 5.56 Å². The van der Waals surface area contributed by atoms with Crippen LogP contribution >= 0.6 is 0 Å². The first-order valence-corrected chi connectivity index (χ1v) is 10.2. The van der Waals surface area contributed by atoms with Crippen molar-refractivity contribution in [2.45, 2.75) is 38.5 Å². The number of hydrogen-bond donors (Lipinski definition) is 2. The van der Waals surface area contributed by atoms with E-state index in [1.165, 1.54) is 18.6 Å². The number of piperidine rings is 1. The van der Waals surface area contributed by atoms with Crippen molar-refractivity contribution in [2.75, 3.05) is 18.0 Å². The van der Waals surface area contributed by atoms with Crippen LogP contribution in [0.5, 0.6) is 0 Å². The zero-order valence-corrected chi connectivity index (χ0v) is 16.8. The highest BCUT2D eigenvalue weighted by molar-refractivity contribution is 5.98. The fourth-order valence-corrected chi connectivity index (χ4v) is 4.05. The number of benzene rings is 2. The van der Waals surface area contributed by atoms with Crippen molar-refractivity contribution < 1.29 is 14.7 Å². The number of allylic oxidation sites excluding steroid dienone is 1. The van der Waals surface area contributed by atoms with E-state index in [0.717, 1.165) is 49.2 Å². The first kappa shape index (κ1) is 20.6. The molecule has 2 aromatic rings. The van der Waals surface area contributed by atoms with Crippen molar-refractivity contribution in [1.82, 2.24) is 0 Å². The van der Waals surface area contributed by atoms with E-state index in [9.17, 15) is 9.59 Å². The average molecular weight is 392 g/mol. The standard InChI is InChI=1S/C24H28N2O3/c1-2-8-20(19-9-4-5-10-21(19)26-15-6-3-7-16-26)22(23(25)27)17-11-13-18(14-12-17)24(28)29/h4-5,8-14,22H,2-3,6-7,15-16H2,1H3,(H2,25,27)(H,28,29)/b20-8-. The second-order valence-electron chi connectivity index (χ2n) is 7.40. The molecule has 1 aliphatic heterocycles. The van der Waals surface area contributed by atoms with Gasteiger partial charge in [-0.3, -0.25) is 4.79 Å². The molecule has 1 atom stereocenters. The minimum atomic E-state index is -0.994. The second-order valence-corrected chi connectivity index (χ2v) is 7.40. The molecule has 1 heterocycles. The van der Waals surface area contributed by atoms with Crippen LogP contribution in [0, 0.1) is 0 Å². The van der Waals surface area contributed by atoms with Gasteiger partial charge in [0.1, 0.15) is 0 Å². The number of carbonyl (C=O) groups is 2. The van der Waals surface area contributed by atoms with Crippen LogP contribution in [-0.2, 0) is 4.79 Å². The normalized spacial score (nSPS) is 15.8. The summed E-state index contributed by atoms with van der Waals surface area (Å²) < 4.78 is 0. The van der Waals surface area contributed by atoms with Crippen LogP contribution in [0.15, 0.2) is 54.6 Å². The third-order valence-electron chi connectivity index (χ3n) is 5.42. The summed E-state index contributed by atoms with van der Waals surface area (Å²) in [5.74, 6) is -2.07. The van der Waals surface area contributed by atoms with Crippen LogP contribution in [0.25, 0.3) is 5.57 Å². The summed E-state index contributed by atoms with van der Waals surface area (Å²) >= 11 is 0. The van der Waals surface area contributed by atoms with Crippen molar-refractivity contribution in [3.8, 4) is 0 Å². The number of carboxylic acid groups (broad SMARTS) is 1. The van der Waals surface area contributed by atoms with Gasteiger partial charge in [-0.05, 0) is 55.0 Å². The number of rotatable bonds is 7. The van der Waals surface area contributed by atoms with Gasteiger partial charge in [-0.2, -0.15) is 0 Å². The number of para-hydroxylation sites is 1. The van der Waals surface area contributed by atoms with Crippen LogP contribution in [0.1, 0.15) is 60.0 Å². The first-order valence-electron chi connectivity index (χ1n) is 10.2. The molecule has 3 rings (SSSR count). The van der Waals surface area contributed by atoms with Crippen LogP contribution in [-0.4, -0.2) is 30.1 Å². The molecule has 5 heteroatoms. The Kier molecular flexibility index (Phi) is 6.70. The van der Waals surface area contributed by atoms with Gasteiger partial charge in [0.2, 0.25) is 5.91 Å². The van der Waals surface area contributed by atoms with Crippen molar-refractivity contribution in [3.05, 3.63) is 71.3 Å². The summed E-state index contributed by atoms with van der Waals surface area (Å²) in [6.07, 6.45) is 6.40. The lowest BCUT2D eigenvalue weighted by Crippen LogP contribution is -2.31. The molecule has 0 spiro atoms. The molecule has 0 saturated carbocycles. The van der Waals surface area contributed by atoms with Gasteiger partial charge in [0.15, 0.2) is 0 Å². The molecule has 1 amide bonds. The van der Waals surface area contributed by atoms with Gasteiger partial charge in [0.25, 0.3) is 0 Å². The maximum atomic E-state index is 12.5. The molecule has 1 aliphatic rings. The summed E-state index contributed by atoms with van der Waals surface area (Å²) in [4.78, 5) is 26.1. The molecule has 3 N–H and O–H groups in total. The summed E-state index contributed by atoms with van der Waals surface area (Å²) in [6, 6.07) is 14.6. The number of aromatic carboxylic acids is 1. The number of amides is 1. The summed E-state index contributed by atoms with van der Waals surface area (Å²) in [7, 11) is 0. The maximum Gasteiger partial charge on any atom is 0.335 e. The molecule has 0 aromatic heterocycles. The van der Waals surface area contributed by atoms with Crippen molar-refractivity contribution in [3.63, 3.8) is 0 Å². The van der Waals surface area contributed by atoms with Gasteiger partial charge < -0.3 is 15.7 Å². The molecule has 1 unspecified atom stereocenters. The highest BCUT2D eigenvalue weighted by atomic mass is 16.4. The van der Waals surface area contributed by atoms with Crippen LogP contribution in [0.3, 0.4) is 0 Å². The summed E-state index contributed by atoms with van der Waals surface area (Å²) in [5.41, 5.74) is 9.77. The predicted octanol–water partition coefficient (Wildman–Crippen LogP) is 4.44. The fourth-order valence-electron chi connectivity index (χ4n) is 4.05. The Labute approximate surface area is 171 Å². The fraction of sp³-hybridized carbons (Fsp3) is 0.333. The van der Waals surface area contributed by atoms with E-state index >= 15 is 0 Å². The van der Waals surface area contributed by atoms with Gasteiger partial charge in [-0.1, -0.05) is 43.3 Å². The van der Waals surface area contributed by atoms with E-state index < -0.39 is 17.8 Å². The van der Waals surface area contributed by atoms with Gasteiger partial charge in [0, 0.05) is 24.3 Å². The molecule has 0 bridgehead atoms. The second kappa shape index (κ2) is 9.41. The number of nitrogens with zero attached hydrogens (tertiary/aromatic N) is 1. The van der Waals surface area contributed by atoms with E-state index in [1.807, 2.05) is 25.1 Å². The maximum absolute atomic E-state index is 12.5. The monoisotopic (exact) mass is 392 g/mol. The zero-order valence-electron chi connectivity index (χ0n) is 16.8. The lowest BCUT2D eigenvalue weighted by molar-refractivity contribution is -0.118. The number of carboxylic acids is 1. The van der Waals surface area contributed by atoms with Crippen LogP contribution in [0.4, 0.5) is 5.69 Å². The lowest BCUT2D eigenvalue weighted by Gasteiger charge is -2.32. The van der Waals surface area contributed by atoms with Crippen molar-refractivity contribution in [1.29, 1.82) is 0 Å². The number of hydrogen-bond acceptors (Lipinski definition) is 3. The smallest absolute Gasteiger partial charge is 0.335 e. The SMILES string of the molecule is CC/C=C(/c1ccccc1N1CCCCC1)C(C(N)=O)c1ccc(C(=O)O)cc1. The molecule has 0 radical (unpaired) electrons. The van der Waals surface area contributed by atoms with Gasteiger partial charge in [0.05, 0.1) is 11.5 Å². The molecule has 5 nitrogen and oxygen atoms in total. The van der Waals surface area contributed by atoms with E-state index in [-0.39, 0.29) is 5.56 Å². The zero-order chi connectivity index (χ0) is 20.8. The molecular formula is C24H28N2O3. The highest BCUT2D eigenvalue weighted by Crippen LogP contribution is 2.38. The lowest BCUT2D eigenvalue weighted by atomic mass is 9.84. The van der Waals surface area contributed by atoms with Gasteiger partial charge in [-0.15, -0.1) is 0 Å². The Morgan fingerprint density at radius 3 is 2.31 bits per heavy atom. The Bertz CT molecular complexity index is 897. The highest BCUT2D eigenvalue weighted by Gasteiger charge is 2.27. The van der Waals surface area contributed by atoms with Crippen molar-refractivity contribution in [2.24, 2.45) is 5.73 Å². The Hall–Kier alpha value is -3.08. The quantitative estimate of drug-likeness (QED) is 0.730. The number of nitrogens with two attached hydrogens (primary N) is 1. The molecule has 1 fully saturated rings. The Morgan fingerprint density at radius 2 is 1.72 bits per heavy atom. The van der Waals surface area contributed by atoms with E-state index in [1.54, 1.807) is 12.1 Å². The molecule has 29 heavy (non-hydrogen) atoms. The molecule has 2 aromatic carbocycles. The summed E-state index contributed by atoms with van der Waals surface area (Å²) in [5, 5.41) is 9.17. The molecule has 152 valence electrons. The molecule has 1 saturated heterocycles. The number of anilines is 1. The minimum absolute atomic E-state index is 0.187. The number of carbonyl (C=O) groups excluding carboxylic acids is 1. The minimum Gasteiger partial charge on any atom is -0.478 e. The van der Waals surface area contributed by atoms with Gasteiger partial charge >= 0.3 is 5.97 Å². The summed E-state index contributed by atoms with van der Waals surface area (Å²) in [6.45, 7) is 4.05. The van der Waals surface area contributed by atoms with Crippen LogP contribution < -0.4 is 10.6 Å².